The van der Waals surface area contributed by atoms with Gasteiger partial charge in [0, 0.05) is 33.8 Å². The second kappa shape index (κ2) is 5.53. The zero-order valence-corrected chi connectivity index (χ0v) is 12.3. The maximum atomic E-state index is 12.2. The van der Waals surface area contributed by atoms with Gasteiger partial charge in [0.1, 0.15) is 5.75 Å². The van der Waals surface area contributed by atoms with Crippen LogP contribution in [-0.4, -0.2) is 55.9 Å². The average molecular weight is 276 g/mol. The summed E-state index contributed by atoms with van der Waals surface area (Å²) in [5, 5.41) is 0. The van der Waals surface area contributed by atoms with Crippen LogP contribution in [0.25, 0.3) is 0 Å². The number of hydrogen-bond acceptors (Lipinski definition) is 3. The second-order valence-electron chi connectivity index (χ2n) is 5.43. The molecule has 0 N–H and O–H groups in total. The highest BCUT2D eigenvalue weighted by Gasteiger charge is 2.26. The van der Waals surface area contributed by atoms with Gasteiger partial charge in [-0.2, -0.15) is 0 Å². The Bertz CT molecular complexity index is 534. The number of benzene rings is 1. The van der Waals surface area contributed by atoms with E-state index < -0.39 is 0 Å². The standard InChI is InChI=1S/C15H20N2O3/c1-16(2)14(18)10-5-8-13(20-11-6-7-11)12(9-10)15(19)17(3)4/h5,8-9,11H,6-7H2,1-4H3. The maximum absolute atomic E-state index is 12.2. The van der Waals surface area contributed by atoms with Gasteiger partial charge < -0.3 is 14.5 Å². The van der Waals surface area contributed by atoms with E-state index in [1.165, 1.54) is 9.80 Å². The Kier molecular flexibility index (Phi) is 3.97. The molecule has 1 fully saturated rings. The van der Waals surface area contributed by atoms with Crippen molar-refractivity contribution in [1.82, 2.24) is 9.80 Å². The van der Waals surface area contributed by atoms with Gasteiger partial charge in [0.05, 0.1) is 11.7 Å². The molecule has 0 unspecified atom stereocenters. The van der Waals surface area contributed by atoms with Gasteiger partial charge in [-0.15, -0.1) is 0 Å². The summed E-state index contributed by atoms with van der Waals surface area (Å²) in [6.45, 7) is 0. The van der Waals surface area contributed by atoms with Crippen LogP contribution >= 0.6 is 0 Å². The summed E-state index contributed by atoms with van der Waals surface area (Å²) in [5.41, 5.74) is 0.929. The Labute approximate surface area is 119 Å². The molecule has 0 heterocycles. The molecule has 0 aliphatic heterocycles. The van der Waals surface area contributed by atoms with Crippen molar-refractivity contribution < 1.29 is 14.3 Å². The zero-order chi connectivity index (χ0) is 14.9. The Hall–Kier alpha value is -2.04. The monoisotopic (exact) mass is 276 g/mol. The molecule has 1 aromatic carbocycles. The molecule has 2 amide bonds. The van der Waals surface area contributed by atoms with Gasteiger partial charge >= 0.3 is 0 Å². The van der Waals surface area contributed by atoms with Crippen LogP contribution in [0.5, 0.6) is 5.75 Å². The largest absolute Gasteiger partial charge is 0.490 e. The Morgan fingerprint density at radius 3 is 2.15 bits per heavy atom. The van der Waals surface area contributed by atoms with Crippen molar-refractivity contribution in [2.24, 2.45) is 0 Å². The molecule has 0 saturated heterocycles. The molecule has 5 nitrogen and oxygen atoms in total. The van der Waals surface area contributed by atoms with Gasteiger partial charge in [-0.1, -0.05) is 0 Å². The molecular formula is C15H20N2O3. The van der Waals surface area contributed by atoms with Crippen molar-refractivity contribution in [2.75, 3.05) is 28.2 Å². The molecule has 1 aliphatic carbocycles. The van der Waals surface area contributed by atoms with Gasteiger partial charge in [-0.3, -0.25) is 9.59 Å². The van der Waals surface area contributed by atoms with Crippen LogP contribution in [0.15, 0.2) is 18.2 Å². The quantitative estimate of drug-likeness (QED) is 0.840. The molecule has 0 atom stereocenters. The molecule has 20 heavy (non-hydrogen) atoms. The lowest BCUT2D eigenvalue weighted by Gasteiger charge is -2.17. The first-order chi connectivity index (χ1) is 9.40. The first-order valence-electron chi connectivity index (χ1n) is 6.64. The summed E-state index contributed by atoms with van der Waals surface area (Å²) in [6, 6.07) is 5.03. The lowest BCUT2D eigenvalue weighted by atomic mass is 10.1. The molecule has 108 valence electrons. The van der Waals surface area contributed by atoms with Crippen LogP contribution in [0.2, 0.25) is 0 Å². The summed E-state index contributed by atoms with van der Waals surface area (Å²) in [5.74, 6) is 0.270. The molecule has 1 aliphatic rings. The van der Waals surface area contributed by atoms with Gasteiger partial charge in [0.25, 0.3) is 11.8 Å². The van der Waals surface area contributed by atoms with Crippen molar-refractivity contribution in [3.63, 3.8) is 0 Å². The number of amides is 2. The summed E-state index contributed by atoms with van der Waals surface area (Å²) in [6.07, 6.45) is 2.25. The van der Waals surface area contributed by atoms with E-state index in [0.29, 0.717) is 16.9 Å². The molecule has 0 bridgehead atoms. The number of carbonyl (C=O) groups excluding carboxylic acids is 2. The predicted octanol–water partition coefficient (Wildman–Crippen LogP) is 1.63. The maximum Gasteiger partial charge on any atom is 0.257 e. The van der Waals surface area contributed by atoms with Gasteiger partial charge in [0.2, 0.25) is 0 Å². The summed E-state index contributed by atoms with van der Waals surface area (Å²) in [7, 11) is 6.74. The highest BCUT2D eigenvalue weighted by Crippen LogP contribution is 2.30. The SMILES string of the molecule is CN(C)C(=O)c1ccc(OC2CC2)c(C(=O)N(C)C)c1. The zero-order valence-electron chi connectivity index (χ0n) is 12.3. The van der Waals surface area contributed by atoms with Crippen LogP contribution in [0, 0.1) is 0 Å². The smallest absolute Gasteiger partial charge is 0.257 e. The predicted molar refractivity (Wildman–Crippen MR) is 76.1 cm³/mol. The highest BCUT2D eigenvalue weighted by molar-refractivity contribution is 6.01. The third-order valence-corrected chi connectivity index (χ3v) is 3.09. The highest BCUT2D eigenvalue weighted by atomic mass is 16.5. The van der Waals surface area contributed by atoms with E-state index in [-0.39, 0.29) is 17.9 Å². The van der Waals surface area contributed by atoms with Crippen molar-refractivity contribution >= 4 is 11.8 Å². The van der Waals surface area contributed by atoms with E-state index in [4.69, 9.17) is 4.74 Å². The molecule has 1 saturated carbocycles. The second-order valence-corrected chi connectivity index (χ2v) is 5.43. The van der Waals surface area contributed by atoms with Gasteiger partial charge in [0.15, 0.2) is 0 Å². The Balaban J connectivity index is 2.37. The van der Waals surface area contributed by atoms with Gasteiger partial charge in [-0.25, -0.2) is 0 Å². The lowest BCUT2D eigenvalue weighted by molar-refractivity contribution is 0.0822. The first kappa shape index (κ1) is 14.4. The lowest BCUT2D eigenvalue weighted by Crippen LogP contribution is -2.25. The van der Waals surface area contributed by atoms with E-state index in [1.807, 2.05) is 0 Å². The van der Waals surface area contributed by atoms with E-state index in [2.05, 4.69) is 0 Å². The third kappa shape index (κ3) is 3.10. The average Bonchev–Trinajstić information content (AvgIpc) is 3.21. The number of ether oxygens (including phenoxy) is 1. The summed E-state index contributed by atoms with van der Waals surface area (Å²) >= 11 is 0. The molecule has 0 aromatic heterocycles. The molecule has 2 rings (SSSR count). The van der Waals surface area contributed by atoms with E-state index in [0.717, 1.165) is 12.8 Å². The number of rotatable bonds is 4. The van der Waals surface area contributed by atoms with E-state index in [1.54, 1.807) is 46.4 Å². The van der Waals surface area contributed by atoms with Crippen LogP contribution in [-0.2, 0) is 0 Å². The molecule has 0 spiro atoms. The summed E-state index contributed by atoms with van der Waals surface area (Å²) in [4.78, 5) is 27.2. The first-order valence-corrected chi connectivity index (χ1v) is 6.64. The van der Waals surface area contributed by atoms with Crippen molar-refractivity contribution in [2.45, 2.75) is 18.9 Å². The van der Waals surface area contributed by atoms with Crippen LogP contribution < -0.4 is 4.74 Å². The normalized spacial score (nSPS) is 13.8. The minimum absolute atomic E-state index is 0.129. The van der Waals surface area contributed by atoms with Gasteiger partial charge in [-0.05, 0) is 31.0 Å². The minimum atomic E-state index is -0.158. The molecular weight excluding hydrogens is 256 g/mol. The Morgan fingerprint density at radius 1 is 1.05 bits per heavy atom. The van der Waals surface area contributed by atoms with Crippen molar-refractivity contribution in [1.29, 1.82) is 0 Å². The van der Waals surface area contributed by atoms with E-state index in [9.17, 15) is 9.59 Å². The number of hydrogen-bond donors (Lipinski definition) is 0. The molecule has 5 heteroatoms. The van der Waals surface area contributed by atoms with E-state index >= 15 is 0 Å². The fourth-order valence-electron chi connectivity index (χ4n) is 1.80. The third-order valence-electron chi connectivity index (χ3n) is 3.09. The molecule has 0 radical (unpaired) electrons. The fourth-order valence-corrected chi connectivity index (χ4v) is 1.80. The molecule has 1 aromatic rings. The van der Waals surface area contributed by atoms with Crippen molar-refractivity contribution in [3.05, 3.63) is 29.3 Å². The fraction of sp³-hybridized carbons (Fsp3) is 0.467. The van der Waals surface area contributed by atoms with Crippen LogP contribution in [0.1, 0.15) is 33.6 Å². The van der Waals surface area contributed by atoms with Crippen LogP contribution in [0.4, 0.5) is 0 Å². The van der Waals surface area contributed by atoms with Crippen LogP contribution in [0.3, 0.4) is 0 Å². The number of carbonyl (C=O) groups is 2. The minimum Gasteiger partial charge on any atom is -0.490 e. The topological polar surface area (TPSA) is 49.9 Å². The van der Waals surface area contributed by atoms with Crippen molar-refractivity contribution in [3.8, 4) is 5.75 Å². The Morgan fingerprint density at radius 2 is 1.65 bits per heavy atom. The number of nitrogens with zero attached hydrogens (tertiary/aromatic N) is 2. The summed E-state index contributed by atoms with van der Waals surface area (Å²) < 4.78 is 5.75.